The molecule has 5 heteroatoms. The van der Waals surface area contributed by atoms with E-state index in [-0.39, 0.29) is 5.91 Å². The lowest BCUT2D eigenvalue weighted by molar-refractivity contribution is -0.120. The van der Waals surface area contributed by atoms with E-state index in [1.807, 2.05) is 32.9 Å². The van der Waals surface area contributed by atoms with Crippen LogP contribution in [-0.4, -0.2) is 18.0 Å². The van der Waals surface area contributed by atoms with Crippen LogP contribution in [0.2, 0.25) is 5.02 Å². The van der Waals surface area contributed by atoms with E-state index in [0.29, 0.717) is 16.6 Å². The average molecular weight is 319 g/mol. The number of aromatic nitrogens is 1. The van der Waals surface area contributed by atoms with Crippen LogP contribution >= 0.6 is 11.6 Å². The zero-order valence-electron chi connectivity index (χ0n) is 13.1. The molecule has 1 aromatic carbocycles. The first-order valence-corrected chi connectivity index (χ1v) is 7.30. The van der Waals surface area contributed by atoms with Crippen LogP contribution in [-0.2, 0) is 10.2 Å². The Bertz CT molecular complexity index is 682. The molecule has 0 saturated heterocycles. The van der Waals surface area contributed by atoms with Gasteiger partial charge in [-0.1, -0.05) is 23.7 Å². The normalized spacial score (nSPS) is 11.1. The van der Waals surface area contributed by atoms with E-state index in [1.165, 1.54) is 0 Å². The maximum Gasteiger partial charge on any atom is 0.234 e. The predicted molar refractivity (Wildman–Crippen MR) is 88.6 cm³/mol. The highest BCUT2D eigenvalue weighted by molar-refractivity contribution is 6.30. The summed E-state index contributed by atoms with van der Waals surface area (Å²) in [4.78, 5) is 16.7. The van der Waals surface area contributed by atoms with Crippen LogP contribution in [0.25, 0.3) is 0 Å². The van der Waals surface area contributed by atoms with Gasteiger partial charge in [0.25, 0.3) is 0 Å². The molecule has 1 amide bonds. The van der Waals surface area contributed by atoms with E-state index < -0.39 is 5.41 Å². The number of carbonyl (C=O) groups excluding carboxylic acids is 1. The smallest absolute Gasteiger partial charge is 0.234 e. The van der Waals surface area contributed by atoms with E-state index in [1.54, 1.807) is 31.5 Å². The number of halogens is 1. The number of nitrogens with zero attached hydrogens (tertiary/aromatic N) is 1. The van der Waals surface area contributed by atoms with Gasteiger partial charge in [-0.2, -0.15) is 0 Å². The molecule has 22 heavy (non-hydrogen) atoms. The van der Waals surface area contributed by atoms with E-state index in [4.69, 9.17) is 16.3 Å². The zero-order chi connectivity index (χ0) is 16.3. The second kappa shape index (κ2) is 6.36. The molecule has 0 fully saturated rings. The Balaban J connectivity index is 2.22. The van der Waals surface area contributed by atoms with Crippen LogP contribution in [0.5, 0.6) is 5.88 Å². The van der Waals surface area contributed by atoms with Crippen molar-refractivity contribution in [3.8, 4) is 5.88 Å². The average Bonchev–Trinajstić information content (AvgIpc) is 2.49. The summed E-state index contributed by atoms with van der Waals surface area (Å²) in [5.74, 6) is 0.414. The van der Waals surface area contributed by atoms with Gasteiger partial charge >= 0.3 is 0 Å². The molecule has 1 N–H and O–H groups in total. The number of benzene rings is 1. The van der Waals surface area contributed by atoms with Gasteiger partial charge < -0.3 is 10.1 Å². The van der Waals surface area contributed by atoms with Crippen molar-refractivity contribution in [1.82, 2.24) is 4.98 Å². The van der Waals surface area contributed by atoms with Crippen molar-refractivity contribution in [3.05, 3.63) is 52.7 Å². The van der Waals surface area contributed by atoms with Crippen molar-refractivity contribution in [3.63, 3.8) is 0 Å². The Morgan fingerprint density at radius 3 is 2.45 bits per heavy atom. The topological polar surface area (TPSA) is 51.2 Å². The number of amides is 1. The van der Waals surface area contributed by atoms with Gasteiger partial charge in [0, 0.05) is 11.1 Å². The quantitative estimate of drug-likeness (QED) is 0.928. The SMILES string of the molecule is COc1cc(C)c(NC(=O)C(C)(C)c2ccc(Cl)cc2)cn1. The summed E-state index contributed by atoms with van der Waals surface area (Å²) in [5, 5.41) is 3.57. The number of hydrogen-bond acceptors (Lipinski definition) is 3. The number of methoxy groups -OCH3 is 1. The van der Waals surface area contributed by atoms with Gasteiger partial charge in [0.1, 0.15) is 0 Å². The first-order chi connectivity index (χ1) is 10.3. The Kier molecular flexibility index (Phi) is 4.71. The second-order valence-corrected chi connectivity index (χ2v) is 6.06. The Labute approximate surface area is 135 Å². The van der Waals surface area contributed by atoms with Gasteiger partial charge in [0.2, 0.25) is 11.8 Å². The third-order valence-corrected chi connectivity index (χ3v) is 3.93. The number of carbonyl (C=O) groups is 1. The molecular formula is C17H19ClN2O2. The molecule has 2 rings (SSSR count). The highest BCUT2D eigenvalue weighted by atomic mass is 35.5. The lowest BCUT2D eigenvalue weighted by Gasteiger charge is -2.24. The largest absolute Gasteiger partial charge is 0.481 e. The van der Waals surface area contributed by atoms with Crippen LogP contribution in [0.3, 0.4) is 0 Å². The van der Waals surface area contributed by atoms with Crippen molar-refractivity contribution in [2.45, 2.75) is 26.2 Å². The molecule has 0 aliphatic rings. The minimum absolute atomic E-state index is 0.107. The van der Waals surface area contributed by atoms with Gasteiger partial charge in [0.05, 0.1) is 24.4 Å². The number of nitrogens with one attached hydrogen (secondary N) is 1. The number of ether oxygens (including phenoxy) is 1. The molecule has 0 spiro atoms. The molecule has 4 nitrogen and oxygen atoms in total. The minimum atomic E-state index is -0.684. The number of pyridine rings is 1. The molecule has 0 radical (unpaired) electrons. The van der Waals surface area contributed by atoms with Crippen LogP contribution in [0.4, 0.5) is 5.69 Å². The minimum Gasteiger partial charge on any atom is -0.481 e. The molecule has 1 heterocycles. The van der Waals surface area contributed by atoms with Gasteiger partial charge in [0.15, 0.2) is 0 Å². The van der Waals surface area contributed by atoms with Crippen LogP contribution < -0.4 is 10.1 Å². The molecule has 0 aliphatic carbocycles. The summed E-state index contributed by atoms with van der Waals surface area (Å²) < 4.78 is 5.07. The number of aryl methyl sites for hydroxylation is 1. The molecule has 2 aromatic rings. The standard InChI is InChI=1S/C17H19ClN2O2/c1-11-9-15(22-4)19-10-14(11)20-16(21)17(2,3)12-5-7-13(18)8-6-12/h5-10H,1-4H3,(H,20,21). The summed E-state index contributed by atoms with van der Waals surface area (Å²) >= 11 is 5.90. The van der Waals surface area contributed by atoms with Crippen molar-refractivity contribution < 1.29 is 9.53 Å². The Hall–Kier alpha value is -2.07. The summed E-state index contributed by atoms with van der Waals surface area (Å²) in [6, 6.07) is 9.07. The van der Waals surface area contributed by atoms with Crippen LogP contribution in [0.1, 0.15) is 25.0 Å². The van der Waals surface area contributed by atoms with E-state index >= 15 is 0 Å². The first kappa shape index (κ1) is 16.3. The van der Waals surface area contributed by atoms with Crippen molar-refractivity contribution in [2.75, 3.05) is 12.4 Å². The number of anilines is 1. The van der Waals surface area contributed by atoms with Crippen LogP contribution in [0, 0.1) is 6.92 Å². The maximum atomic E-state index is 12.6. The van der Waals surface area contributed by atoms with Gasteiger partial charge in [-0.3, -0.25) is 4.79 Å². The Morgan fingerprint density at radius 1 is 1.27 bits per heavy atom. The fraction of sp³-hybridized carbons (Fsp3) is 0.294. The van der Waals surface area contributed by atoms with Crippen molar-refractivity contribution in [2.24, 2.45) is 0 Å². The molecular weight excluding hydrogens is 300 g/mol. The monoisotopic (exact) mass is 318 g/mol. The van der Waals surface area contributed by atoms with E-state index in [0.717, 1.165) is 11.1 Å². The molecule has 0 saturated carbocycles. The predicted octanol–water partition coefficient (Wildman–Crippen LogP) is 3.97. The number of hydrogen-bond donors (Lipinski definition) is 1. The van der Waals surface area contributed by atoms with E-state index in [9.17, 15) is 4.79 Å². The maximum absolute atomic E-state index is 12.6. The number of rotatable bonds is 4. The summed E-state index contributed by atoms with van der Waals surface area (Å²) in [7, 11) is 1.56. The molecule has 0 atom stereocenters. The van der Waals surface area contributed by atoms with Crippen molar-refractivity contribution >= 4 is 23.2 Å². The van der Waals surface area contributed by atoms with Crippen LogP contribution in [0.15, 0.2) is 36.5 Å². The van der Waals surface area contributed by atoms with Crippen molar-refractivity contribution in [1.29, 1.82) is 0 Å². The molecule has 1 aromatic heterocycles. The van der Waals surface area contributed by atoms with Gasteiger partial charge in [-0.15, -0.1) is 0 Å². The fourth-order valence-corrected chi connectivity index (χ4v) is 2.17. The molecule has 0 unspecified atom stereocenters. The fourth-order valence-electron chi connectivity index (χ4n) is 2.05. The highest BCUT2D eigenvalue weighted by Crippen LogP contribution is 2.27. The zero-order valence-corrected chi connectivity index (χ0v) is 13.9. The second-order valence-electron chi connectivity index (χ2n) is 5.63. The third-order valence-electron chi connectivity index (χ3n) is 3.68. The molecule has 116 valence electrons. The lowest BCUT2D eigenvalue weighted by atomic mass is 9.83. The third kappa shape index (κ3) is 3.39. The van der Waals surface area contributed by atoms with Gasteiger partial charge in [-0.25, -0.2) is 4.98 Å². The summed E-state index contributed by atoms with van der Waals surface area (Å²) in [5.41, 5.74) is 1.78. The summed E-state index contributed by atoms with van der Waals surface area (Å²) in [6.45, 7) is 5.64. The summed E-state index contributed by atoms with van der Waals surface area (Å²) in [6.07, 6.45) is 1.60. The molecule has 0 aliphatic heterocycles. The Morgan fingerprint density at radius 2 is 1.91 bits per heavy atom. The highest BCUT2D eigenvalue weighted by Gasteiger charge is 2.30. The van der Waals surface area contributed by atoms with E-state index in [2.05, 4.69) is 10.3 Å². The first-order valence-electron chi connectivity index (χ1n) is 6.92. The molecule has 0 bridgehead atoms. The lowest BCUT2D eigenvalue weighted by Crippen LogP contribution is -2.34. The van der Waals surface area contributed by atoms with Gasteiger partial charge in [-0.05, 0) is 44.0 Å².